The molecule has 34 heteroatoms. The fraction of sp³-hybridized carbons (Fsp3) is 0.964. The Kier molecular flexibility index (Phi) is 40.7. The van der Waals surface area contributed by atoms with Gasteiger partial charge in [-0.25, -0.2) is 0 Å². The average Bonchev–Trinajstić information content (AvgIpc) is 3.13. The van der Waals surface area contributed by atoms with Gasteiger partial charge in [-0.3, -0.25) is 0 Å². The fourth-order valence-electron chi connectivity index (χ4n) is 10.3. The van der Waals surface area contributed by atoms with Crippen molar-refractivity contribution in [3.05, 3.63) is 12.7 Å². The Bertz CT molecular complexity index is 1690. The lowest BCUT2D eigenvalue weighted by Gasteiger charge is -2.46. The highest BCUT2D eigenvalue weighted by Gasteiger charge is 2.56. The van der Waals surface area contributed by atoms with Gasteiger partial charge in [0.05, 0.1) is 0 Å². The summed E-state index contributed by atoms with van der Waals surface area (Å²) in [4.78, 5) is 0. The van der Waals surface area contributed by atoms with E-state index >= 15 is 0 Å². The van der Waals surface area contributed by atoms with E-state index in [9.17, 15) is 0 Å². The lowest BCUT2D eigenvalue weighted by Crippen LogP contribution is -2.62. The van der Waals surface area contributed by atoms with Crippen LogP contribution in [0, 0.1) is 0 Å². The summed E-state index contributed by atoms with van der Waals surface area (Å²) in [5.41, 5.74) is 0. The Morgan fingerprint density at radius 1 is 0.258 bits per heavy atom. The minimum atomic E-state index is -3.45. The third-order valence-corrected chi connectivity index (χ3v) is 74.7. The van der Waals surface area contributed by atoms with Gasteiger partial charge in [0, 0.05) is 24.2 Å². The summed E-state index contributed by atoms with van der Waals surface area (Å²) in [6.07, 6.45) is 6.01. The molecule has 0 bridgehead atoms. The highest BCUT2D eigenvalue weighted by Crippen LogP contribution is 2.39. The molecule has 0 fully saturated rings. The smallest absolute Gasteiger partial charge is 0.461 e. The Morgan fingerprint density at radius 2 is 0.472 bits per heavy atom. The van der Waals surface area contributed by atoms with E-state index in [0.29, 0.717) is 6.04 Å². The van der Waals surface area contributed by atoms with Gasteiger partial charge < -0.3 is 57.6 Å². The van der Waals surface area contributed by atoms with Crippen LogP contribution in [0.25, 0.3) is 0 Å². The van der Waals surface area contributed by atoms with Crippen LogP contribution < -0.4 is 0 Å². The zero-order valence-corrected chi connectivity index (χ0v) is 86.4. The summed E-state index contributed by atoms with van der Waals surface area (Å²) >= 11 is 0. The molecule has 0 saturated heterocycles. The van der Waals surface area contributed by atoms with Crippen LogP contribution in [-0.2, 0) is 57.6 Å². The molecule has 0 aromatic carbocycles. The van der Waals surface area contributed by atoms with Crippen molar-refractivity contribution in [2.24, 2.45) is 0 Å². The zero-order chi connectivity index (χ0) is 70.2. The Balaban J connectivity index is -0.00000403. The molecule has 0 aromatic heterocycles. The van der Waals surface area contributed by atoms with Crippen molar-refractivity contribution in [1.82, 2.24) is 0 Å². The maximum Gasteiger partial charge on any atom is 0.473 e. The first kappa shape index (κ1) is 96.7. The van der Waals surface area contributed by atoms with Crippen LogP contribution in [-0.4, -0.2) is 171 Å². The summed E-state index contributed by atoms with van der Waals surface area (Å²) in [5.74, 6) is 0. The lowest BCUT2D eigenvalue weighted by atomic mass is 10.6. The molecule has 14 nitrogen and oxygen atoms in total. The van der Waals surface area contributed by atoms with Gasteiger partial charge in [0.2, 0.25) is 0 Å². The molecule has 0 N–H and O–H groups in total. The maximum atomic E-state index is 7.80. The second-order valence-corrected chi connectivity index (χ2v) is 116. The van der Waals surface area contributed by atoms with Gasteiger partial charge in [-0.2, -0.15) is 0 Å². The number of rotatable bonds is 46. The van der Waals surface area contributed by atoms with Crippen molar-refractivity contribution in [2.75, 3.05) is 0 Å². The monoisotopic (exact) mass is 1600 g/mol. The molecule has 0 aliphatic heterocycles. The molecule has 0 spiro atoms. The van der Waals surface area contributed by atoms with Crippen LogP contribution in [0.5, 0.6) is 0 Å². The fourth-order valence-corrected chi connectivity index (χ4v) is 81.5. The van der Waals surface area contributed by atoms with Crippen molar-refractivity contribution in [3.63, 3.8) is 0 Å². The molecule has 538 valence electrons. The first-order valence-corrected chi connectivity index (χ1v) is 91.6. The van der Waals surface area contributed by atoms with Gasteiger partial charge in [-0.05, 0) is 298 Å². The molecule has 0 aliphatic carbocycles. The van der Waals surface area contributed by atoms with Crippen molar-refractivity contribution in [1.29, 1.82) is 0 Å². The zero-order valence-electron chi connectivity index (χ0n) is 65.6. The average molecular weight is 1600 g/mol. The molecule has 0 aliphatic rings. The minimum Gasteiger partial charge on any atom is -0.461 e. The molecule has 0 aromatic rings. The molecule has 0 heterocycles. The van der Waals surface area contributed by atoms with Crippen molar-refractivity contribution >= 4 is 171 Å². The first-order valence-electron chi connectivity index (χ1n) is 33.7. The Morgan fingerprint density at radius 3 is 0.652 bits per heavy atom. The largest absolute Gasteiger partial charge is 0.473 e. The molecule has 0 unspecified atom stereocenters. The van der Waals surface area contributed by atoms with Crippen LogP contribution in [0.15, 0.2) is 12.7 Å². The van der Waals surface area contributed by atoms with E-state index in [1.165, 1.54) is 18.5 Å². The third-order valence-electron chi connectivity index (χ3n) is 11.9. The van der Waals surface area contributed by atoms with E-state index in [0.717, 1.165) is 55.5 Å². The second kappa shape index (κ2) is 37.4. The lowest BCUT2D eigenvalue weighted by molar-refractivity contribution is 0.248. The van der Waals surface area contributed by atoms with Gasteiger partial charge >= 0.3 is 35.2 Å². The summed E-state index contributed by atoms with van der Waals surface area (Å²) in [6.45, 7) is 93.4. The topological polar surface area (TPSA) is 129 Å². The molecule has 0 rings (SSSR count). The predicted octanol–water partition coefficient (Wildman–Crippen LogP) is 20.1. The molecular weight excluding hydrogens is 1450 g/mol. The number of hydrogen-bond donors (Lipinski definition) is 0. The van der Waals surface area contributed by atoms with Gasteiger partial charge in [-0.15, -0.1) is 6.58 Å². The van der Waals surface area contributed by atoms with E-state index in [4.69, 9.17) is 57.6 Å². The predicted molar refractivity (Wildman–Crippen MR) is 443 cm³/mol. The highest BCUT2D eigenvalue weighted by molar-refractivity contribution is 6.94. The Hall–Kier alpha value is 3.52. The van der Waals surface area contributed by atoms with Crippen LogP contribution in [0.2, 0.25) is 310 Å². The van der Waals surface area contributed by atoms with Crippen molar-refractivity contribution in [3.8, 4) is 0 Å². The second-order valence-electron chi connectivity index (χ2n) is 36.9. The van der Waals surface area contributed by atoms with Gasteiger partial charge in [0.15, 0.2) is 116 Å². The maximum absolute atomic E-state index is 7.80. The standard InChI is InChI=1S/C45H122O12Si16.C9H28O2Si4.CH4/c1-35-39-70(55-67(29,30)40-36-43-71(46-58(2,3)4,47-59(5,6)7)48-60(8,9)10,56-68(31,32)41-37-44-72(49-61(11,12)13,50-62(14,15)16)51-63(17,18)19)57-69(33,34)42-38-45-73(52-64(20,21)22,53-65(23,24)25)54-66(26,27)28;1-12-10-15(5,6)9-7-8-13-11-14(2,3)4;/h35H,1,36-45H2,2-34H3;7-9,12-13H2,1-6H3;1H4. The van der Waals surface area contributed by atoms with Gasteiger partial charge in [-0.1, -0.05) is 26.5 Å². The van der Waals surface area contributed by atoms with Gasteiger partial charge in [0.1, 0.15) is 19.5 Å². The minimum absolute atomic E-state index is 0. The normalized spacial score (nSPS) is 15.3. The van der Waals surface area contributed by atoms with Crippen molar-refractivity contribution < 1.29 is 57.6 Å². The molecule has 0 atom stereocenters. The van der Waals surface area contributed by atoms with Crippen LogP contribution >= 0.6 is 0 Å². The highest BCUT2D eigenvalue weighted by atomic mass is 28.5. The van der Waals surface area contributed by atoms with E-state index in [1.807, 2.05) is 6.08 Å². The van der Waals surface area contributed by atoms with Gasteiger partial charge in [0.25, 0.3) is 0 Å². The molecular formula is C55H154O14Si20. The van der Waals surface area contributed by atoms with E-state index in [2.05, 4.69) is 262 Å². The molecule has 0 amide bonds. The summed E-state index contributed by atoms with van der Waals surface area (Å²) < 4.78 is 99.6. The molecule has 89 heavy (non-hydrogen) atoms. The summed E-state index contributed by atoms with van der Waals surface area (Å²) in [5, 5.41) is 0. The molecule has 0 saturated carbocycles. The first-order chi connectivity index (χ1) is 38.4. The quantitative estimate of drug-likeness (QED) is 0.0326. The SMILES string of the molecule is C.C=CC[Si](O[Si](C)(C)CCC[Si](O[Si](C)(C)C)(O[Si](C)(C)C)O[Si](C)(C)C)(O[Si](C)(C)CCC[Si](O[Si](C)(C)C)(O[Si](C)(C)C)O[Si](C)(C)C)O[Si](C)(C)CCC[Si](O[Si](C)(C)C)(O[Si](C)(C)C)O[Si](C)(C)C.C[SiH2]O[Si](C)(C)CCC[SiH2]O[Si](C)(C)C. The van der Waals surface area contributed by atoms with E-state index < -0.39 is 152 Å². The van der Waals surface area contributed by atoms with E-state index in [1.54, 1.807) is 0 Å². The van der Waals surface area contributed by atoms with Crippen molar-refractivity contribution in [2.45, 2.75) is 343 Å². The molecule has 0 radical (unpaired) electrons. The summed E-state index contributed by atoms with van der Waals surface area (Å²) in [6, 6.07) is 8.25. The third kappa shape index (κ3) is 53.1. The van der Waals surface area contributed by atoms with Crippen LogP contribution in [0.3, 0.4) is 0 Å². The summed E-state index contributed by atoms with van der Waals surface area (Å²) in [7, 11) is -41.4. The number of allylic oxidation sites excluding steroid dienone is 1. The number of hydrogen-bond acceptors (Lipinski definition) is 14. The Labute approximate surface area is 579 Å². The van der Waals surface area contributed by atoms with Crippen LogP contribution in [0.1, 0.15) is 33.1 Å². The van der Waals surface area contributed by atoms with E-state index in [-0.39, 0.29) is 27.0 Å². The van der Waals surface area contributed by atoms with Crippen LogP contribution in [0.4, 0.5) is 0 Å².